The maximum atomic E-state index is 11.9. The van der Waals surface area contributed by atoms with Gasteiger partial charge in [-0.2, -0.15) is 0 Å². The fourth-order valence-corrected chi connectivity index (χ4v) is 3.24. The van der Waals surface area contributed by atoms with Crippen LogP contribution < -0.4 is 0 Å². The van der Waals surface area contributed by atoms with Crippen molar-refractivity contribution in [1.82, 2.24) is 4.90 Å². The van der Waals surface area contributed by atoms with Crippen LogP contribution in [-0.4, -0.2) is 29.7 Å². The molecule has 0 spiro atoms. The lowest BCUT2D eigenvalue weighted by Crippen LogP contribution is -2.35. The minimum absolute atomic E-state index is 0.215. The van der Waals surface area contributed by atoms with Crippen molar-refractivity contribution < 1.29 is 9.53 Å². The van der Waals surface area contributed by atoms with E-state index in [0.717, 1.165) is 24.5 Å². The quantitative estimate of drug-likeness (QED) is 0.777. The van der Waals surface area contributed by atoms with Crippen LogP contribution in [0, 0.1) is 0 Å². The first kappa shape index (κ1) is 13.7. The van der Waals surface area contributed by atoms with Crippen LogP contribution in [0.5, 0.6) is 0 Å². The highest BCUT2D eigenvalue weighted by Gasteiger charge is 2.31. The molecule has 3 nitrogen and oxygen atoms in total. The first-order valence-corrected chi connectivity index (χ1v) is 7.33. The highest BCUT2D eigenvalue weighted by Crippen LogP contribution is 2.33. The summed E-state index contributed by atoms with van der Waals surface area (Å²) in [5.41, 5.74) is -0.429. The lowest BCUT2D eigenvalue weighted by atomic mass is 10.1. The Morgan fingerprint density at radius 2 is 2.28 bits per heavy atom. The first-order chi connectivity index (χ1) is 8.35. The van der Waals surface area contributed by atoms with Gasteiger partial charge in [0.05, 0.1) is 5.02 Å². The number of amides is 1. The maximum Gasteiger partial charge on any atom is 0.410 e. The van der Waals surface area contributed by atoms with Gasteiger partial charge < -0.3 is 9.64 Å². The molecule has 2 heterocycles. The lowest BCUT2D eigenvalue weighted by molar-refractivity contribution is 0.0292. The van der Waals surface area contributed by atoms with E-state index in [9.17, 15) is 4.79 Å². The molecule has 0 aromatic carbocycles. The molecule has 1 aliphatic rings. The Bertz CT molecular complexity index is 438. The van der Waals surface area contributed by atoms with E-state index >= 15 is 0 Å². The molecular formula is C13H18ClNO2S. The molecular weight excluding hydrogens is 270 g/mol. The molecule has 1 saturated heterocycles. The van der Waals surface area contributed by atoms with E-state index in [1.807, 2.05) is 32.2 Å². The molecule has 1 aromatic rings. The molecule has 0 N–H and O–H groups in total. The van der Waals surface area contributed by atoms with E-state index < -0.39 is 5.60 Å². The summed E-state index contributed by atoms with van der Waals surface area (Å²) in [5, 5.41) is 2.72. The number of nitrogens with zero attached hydrogens (tertiary/aromatic N) is 1. The summed E-state index contributed by atoms with van der Waals surface area (Å²) in [6.45, 7) is 7.15. The highest BCUT2D eigenvalue weighted by molar-refractivity contribution is 7.10. The molecule has 1 fully saturated rings. The second-order valence-electron chi connectivity index (χ2n) is 5.58. The summed E-state index contributed by atoms with van der Waals surface area (Å²) >= 11 is 7.59. The first-order valence-electron chi connectivity index (χ1n) is 6.07. The van der Waals surface area contributed by atoms with E-state index in [4.69, 9.17) is 16.3 Å². The van der Waals surface area contributed by atoms with Crippen LogP contribution in [0.1, 0.15) is 38.0 Å². The van der Waals surface area contributed by atoms with Crippen molar-refractivity contribution in [2.24, 2.45) is 0 Å². The van der Waals surface area contributed by atoms with Gasteiger partial charge in [-0.15, -0.1) is 11.3 Å². The van der Waals surface area contributed by atoms with Crippen molar-refractivity contribution in [3.63, 3.8) is 0 Å². The second kappa shape index (κ2) is 5.10. The normalized spacial score (nSPS) is 20.2. The number of thiophene rings is 1. The van der Waals surface area contributed by atoms with E-state index in [-0.39, 0.29) is 6.09 Å². The van der Waals surface area contributed by atoms with Crippen molar-refractivity contribution in [3.05, 3.63) is 21.3 Å². The zero-order valence-corrected chi connectivity index (χ0v) is 12.5. The van der Waals surface area contributed by atoms with Gasteiger partial charge in [0, 0.05) is 29.3 Å². The van der Waals surface area contributed by atoms with Crippen LogP contribution >= 0.6 is 22.9 Å². The minimum atomic E-state index is -0.429. The Labute approximate surface area is 117 Å². The average Bonchev–Trinajstić information content (AvgIpc) is 2.82. The second-order valence-corrected chi connectivity index (χ2v) is 6.96. The summed E-state index contributed by atoms with van der Waals surface area (Å²) < 4.78 is 5.38. The van der Waals surface area contributed by atoms with Gasteiger partial charge in [0.1, 0.15) is 5.60 Å². The third-order valence-electron chi connectivity index (χ3n) is 2.83. The number of carbonyl (C=O) groups is 1. The number of ether oxygens (including phenoxy) is 1. The Hall–Kier alpha value is -0.740. The number of carbonyl (C=O) groups excluding carboxylic acids is 1. The molecule has 1 amide bonds. The van der Waals surface area contributed by atoms with E-state index in [1.54, 1.807) is 16.2 Å². The molecule has 0 bridgehead atoms. The molecule has 100 valence electrons. The van der Waals surface area contributed by atoms with Gasteiger partial charge in [0.15, 0.2) is 0 Å². The molecule has 1 unspecified atom stereocenters. The fourth-order valence-electron chi connectivity index (χ4n) is 2.03. The Morgan fingerprint density at radius 1 is 1.56 bits per heavy atom. The van der Waals surface area contributed by atoms with Crippen LogP contribution in [0.3, 0.4) is 0 Å². The summed E-state index contributed by atoms with van der Waals surface area (Å²) in [7, 11) is 0. The number of halogens is 1. The van der Waals surface area contributed by atoms with Gasteiger partial charge in [-0.1, -0.05) is 11.6 Å². The van der Waals surface area contributed by atoms with Crippen molar-refractivity contribution >= 4 is 29.0 Å². The molecule has 0 saturated carbocycles. The van der Waals surface area contributed by atoms with Crippen molar-refractivity contribution in [2.45, 2.75) is 38.7 Å². The van der Waals surface area contributed by atoms with Gasteiger partial charge >= 0.3 is 6.09 Å². The Kier molecular flexibility index (Phi) is 3.87. The monoisotopic (exact) mass is 287 g/mol. The third kappa shape index (κ3) is 3.39. The van der Waals surface area contributed by atoms with Crippen molar-refractivity contribution in [2.75, 3.05) is 13.1 Å². The predicted molar refractivity (Wildman–Crippen MR) is 74.5 cm³/mol. The smallest absolute Gasteiger partial charge is 0.410 e. The fraction of sp³-hybridized carbons (Fsp3) is 0.615. The van der Waals surface area contributed by atoms with E-state index in [2.05, 4.69) is 0 Å². The number of likely N-dealkylation sites (tertiary alicyclic amines) is 1. The molecule has 1 atom stereocenters. The van der Waals surface area contributed by atoms with Gasteiger partial charge in [0.25, 0.3) is 0 Å². The van der Waals surface area contributed by atoms with Gasteiger partial charge in [-0.05, 0) is 33.3 Å². The van der Waals surface area contributed by atoms with E-state index in [1.165, 1.54) is 4.88 Å². The largest absolute Gasteiger partial charge is 0.444 e. The molecule has 1 aliphatic heterocycles. The zero-order valence-electron chi connectivity index (χ0n) is 10.9. The number of rotatable bonds is 1. The molecule has 5 heteroatoms. The van der Waals surface area contributed by atoms with Gasteiger partial charge in [-0.25, -0.2) is 4.79 Å². The third-order valence-corrected chi connectivity index (χ3v) is 4.27. The minimum Gasteiger partial charge on any atom is -0.444 e. The van der Waals surface area contributed by atoms with Gasteiger partial charge in [-0.3, -0.25) is 0 Å². The summed E-state index contributed by atoms with van der Waals surface area (Å²) in [6.07, 6.45) is 0.767. The SMILES string of the molecule is CC(C)(C)OC(=O)N1CCC(c2cc(Cl)cs2)C1. The van der Waals surface area contributed by atoms with Crippen LogP contribution in [0.25, 0.3) is 0 Å². The zero-order chi connectivity index (χ0) is 13.3. The Balaban J connectivity index is 1.94. The van der Waals surface area contributed by atoms with Crippen LogP contribution in [0.2, 0.25) is 5.02 Å². The molecule has 1 aromatic heterocycles. The van der Waals surface area contributed by atoms with Crippen LogP contribution in [-0.2, 0) is 4.74 Å². The van der Waals surface area contributed by atoms with Crippen molar-refractivity contribution in [1.29, 1.82) is 0 Å². The topological polar surface area (TPSA) is 29.5 Å². The van der Waals surface area contributed by atoms with E-state index in [0.29, 0.717) is 5.92 Å². The molecule has 18 heavy (non-hydrogen) atoms. The summed E-state index contributed by atoms with van der Waals surface area (Å²) in [5.74, 6) is 0.398. The molecule has 2 rings (SSSR count). The van der Waals surface area contributed by atoms with Crippen molar-refractivity contribution in [3.8, 4) is 0 Å². The summed E-state index contributed by atoms with van der Waals surface area (Å²) in [6, 6.07) is 2.00. The number of hydrogen-bond acceptors (Lipinski definition) is 3. The summed E-state index contributed by atoms with van der Waals surface area (Å²) in [4.78, 5) is 15.0. The average molecular weight is 288 g/mol. The number of hydrogen-bond donors (Lipinski definition) is 0. The predicted octanol–water partition coefficient (Wildman–Crippen LogP) is 4.13. The Morgan fingerprint density at radius 3 is 2.83 bits per heavy atom. The van der Waals surface area contributed by atoms with Crippen LogP contribution in [0.4, 0.5) is 4.79 Å². The molecule has 0 radical (unpaired) electrons. The van der Waals surface area contributed by atoms with Crippen LogP contribution in [0.15, 0.2) is 11.4 Å². The molecule has 0 aliphatic carbocycles. The maximum absolute atomic E-state index is 11.9. The lowest BCUT2D eigenvalue weighted by Gasteiger charge is -2.24. The highest BCUT2D eigenvalue weighted by atomic mass is 35.5. The van der Waals surface area contributed by atoms with Gasteiger partial charge in [0.2, 0.25) is 0 Å². The standard InChI is InChI=1S/C13H18ClNO2S/c1-13(2,3)17-12(16)15-5-4-9(7-15)11-6-10(14)8-18-11/h6,8-9H,4-5,7H2,1-3H3.